The molecule has 0 saturated carbocycles. The Balaban J connectivity index is 2.90. The van der Waals surface area contributed by atoms with E-state index in [1.165, 1.54) is 0 Å². The Morgan fingerprint density at radius 2 is 1.92 bits per heavy atom. The van der Waals surface area contributed by atoms with Crippen molar-refractivity contribution in [2.45, 2.75) is 13.1 Å². The number of benzene rings is 1. The van der Waals surface area contributed by atoms with Crippen LogP contribution >= 0.6 is 7.60 Å². The highest BCUT2D eigenvalue weighted by molar-refractivity contribution is 7.50. The van der Waals surface area contributed by atoms with Gasteiger partial charge in [0.25, 0.3) is 0 Å². The van der Waals surface area contributed by atoms with Gasteiger partial charge in [0.15, 0.2) is 0 Å². The standard InChI is InChI=1S/C8H11O3P/c1-7-4-2-3-5-8(7)6-12(9,10)11/h2-5H,6H2,1H3,(H2,9,10,11). The Morgan fingerprint density at radius 1 is 1.33 bits per heavy atom. The lowest BCUT2D eigenvalue weighted by atomic mass is 10.1. The van der Waals surface area contributed by atoms with Crippen LogP contribution in [0.5, 0.6) is 0 Å². The molecule has 0 aromatic heterocycles. The van der Waals surface area contributed by atoms with E-state index in [4.69, 9.17) is 9.79 Å². The highest BCUT2D eigenvalue weighted by Gasteiger charge is 2.14. The minimum Gasteiger partial charge on any atom is -0.324 e. The Bertz CT molecular complexity index is 316. The van der Waals surface area contributed by atoms with Crippen molar-refractivity contribution in [1.82, 2.24) is 0 Å². The summed E-state index contributed by atoms with van der Waals surface area (Å²) in [6.07, 6.45) is -0.167. The van der Waals surface area contributed by atoms with Crippen LogP contribution in [0.2, 0.25) is 0 Å². The highest BCUT2D eigenvalue weighted by atomic mass is 31.2. The van der Waals surface area contributed by atoms with Crippen molar-refractivity contribution in [3.8, 4) is 0 Å². The van der Waals surface area contributed by atoms with E-state index in [0.717, 1.165) is 5.56 Å². The summed E-state index contributed by atoms with van der Waals surface area (Å²) in [4.78, 5) is 17.4. The third kappa shape index (κ3) is 2.78. The normalized spacial score (nSPS) is 11.6. The summed E-state index contributed by atoms with van der Waals surface area (Å²) in [5, 5.41) is 0. The van der Waals surface area contributed by atoms with E-state index >= 15 is 0 Å². The Labute approximate surface area is 71.2 Å². The van der Waals surface area contributed by atoms with Crippen LogP contribution in [-0.2, 0) is 10.7 Å². The van der Waals surface area contributed by atoms with Crippen molar-refractivity contribution in [2.75, 3.05) is 0 Å². The first-order valence-corrected chi connectivity index (χ1v) is 5.38. The van der Waals surface area contributed by atoms with Gasteiger partial charge in [-0.05, 0) is 18.1 Å². The van der Waals surface area contributed by atoms with Gasteiger partial charge in [0.1, 0.15) is 0 Å². The summed E-state index contributed by atoms with van der Waals surface area (Å²) in [5.41, 5.74) is 1.63. The molecule has 0 spiro atoms. The maximum absolute atomic E-state index is 10.6. The molecule has 0 radical (unpaired) electrons. The van der Waals surface area contributed by atoms with Crippen LogP contribution < -0.4 is 0 Å². The monoisotopic (exact) mass is 186 g/mol. The van der Waals surface area contributed by atoms with Crippen LogP contribution in [0.3, 0.4) is 0 Å². The molecule has 1 aromatic rings. The quantitative estimate of drug-likeness (QED) is 0.690. The van der Waals surface area contributed by atoms with Crippen molar-refractivity contribution in [3.63, 3.8) is 0 Å². The van der Waals surface area contributed by atoms with Gasteiger partial charge in [0.2, 0.25) is 0 Å². The zero-order valence-corrected chi connectivity index (χ0v) is 7.66. The smallest absolute Gasteiger partial charge is 0.324 e. The molecule has 3 nitrogen and oxygen atoms in total. The number of hydrogen-bond donors (Lipinski definition) is 2. The number of rotatable bonds is 2. The lowest BCUT2D eigenvalue weighted by molar-refractivity contribution is 0.371. The van der Waals surface area contributed by atoms with Gasteiger partial charge in [-0.25, -0.2) is 0 Å². The SMILES string of the molecule is Cc1ccccc1CP(=O)(O)O. The molecular formula is C8H11O3P. The van der Waals surface area contributed by atoms with E-state index in [9.17, 15) is 4.57 Å². The Hall–Kier alpha value is -0.630. The molecule has 0 unspecified atom stereocenters. The predicted molar refractivity (Wildman–Crippen MR) is 46.9 cm³/mol. The van der Waals surface area contributed by atoms with Crippen LogP contribution in [0.15, 0.2) is 24.3 Å². The summed E-state index contributed by atoms with van der Waals surface area (Å²) in [5.74, 6) is 0. The lowest BCUT2D eigenvalue weighted by Crippen LogP contribution is -1.89. The molecule has 0 atom stereocenters. The molecule has 0 bridgehead atoms. The molecule has 0 saturated heterocycles. The molecule has 0 aliphatic carbocycles. The topological polar surface area (TPSA) is 57.5 Å². The van der Waals surface area contributed by atoms with Gasteiger partial charge in [-0.1, -0.05) is 24.3 Å². The third-order valence-electron chi connectivity index (χ3n) is 1.64. The van der Waals surface area contributed by atoms with Gasteiger partial charge in [-0.15, -0.1) is 0 Å². The van der Waals surface area contributed by atoms with Gasteiger partial charge < -0.3 is 9.79 Å². The van der Waals surface area contributed by atoms with E-state index in [0.29, 0.717) is 5.56 Å². The van der Waals surface area contributed by atoms with Crippen LogP contribution in [0.25, 0.3) is 0 Å². The van der Waals surface area contributed by atoms with Crippen molar-refractivity contribution < 1.29 is 14.4 Å². The molecule has 0 heterocycles. The van der Waals surface area contributed by atoms with Gasteiger partial charge in [0, 0.05) is 0 Å². The Morgan fingerprint density at radius 3 is 2.42 bits per heavy atom. The molecule has 1 aromatic carbocycles. The molecule has 0 aliphatic heterocycles. The molecule has 1 rings (SSSR count). The maximum Gasteiger partial charge on any atom is 0.329 e. The average molecular weight is 186 g/mol. The van der Waals surface area contributed by atoms with Crippen molar-refractivity contribution in [1.29, 1.82) is 0 Å². The molecule has 0 fully saturated rings. The fraction of sp³-hybridized carbons (Fsp3) is 0.250. The fourth-order valence-corrected chi connectivity index (χ4v) is 1.81. The summed E-state index contributed by atoms with van der Waals surface area (Å²) in [6, 6.07) is 7.19. The first-order chi connectivity index (χ1) is 5.49. The van der Waals surface area contributed by atoms with E-state index in [2.05, 4.69) is 0 Å². The van der Waals surface area contributed by atoms with Gasteiger partial charge in [0.05, 0.1) is 6.16 Å². The minimum absolute atomic E-state index is 0.167. The summed E-state index contributed by atoms with van der Waals surface area (Å²) >= 11 is 0. The fourth-order valence-electron chi connectivity index (χ4n) is 1.01. The van der Waals surface area contributed by atoms with E-state index in [1.807, 2.05) is 19.1 Å². The second-order valence-corrected chi connectivity index (χ2v) is 4.39. The highest BCUT2D eigenvalue weighted by Crippen LogP contribution is 2.39. The number of aryl methyl sites for hydroxylation is 1. The van der Waals surface area contributed by atoms with Gasteiger partial charge in [-0.2, -0.15) is 0 Å². The largest absolute Gasteiger partial charge is 0.329 e. The van der Waals surface area contributed by atoms with Crippen LogP contribution in [0.1, 0.15) is 11.1 Å². The molecule has 4 heteroatoms. The predicted octanol–water partition coefficient (Wildman–Crippen LogP) is 1.67. The summed E-state index contributed by atoms with van der Waals surface area (Å²) in [7, 11) is -3.91. The van der Waals surface area contributed by atoms with Gasteiger partial charge in [-0.3, -0.25) is 4.57 Å². The van der Waals surface area contributed by atoms with Crippen molar-refractivity contribution >= 4 is 7.60 Å². The molecule has 0 amide bonds. The van der Waals surface area contributed by atoms with Crippen molar-refractivity contribution in [3.05, 3.63) is 35.4 Å². The Kier molecular flexibility index (Phi) is 2.68. The molecule has 66 valence electrons. The summed E-state index contributed by atoms with van der Waals surface area (Å²) < 4.78 is 10.6. The third-order valence-corrected chi connectivity index (χ3v) is 2.39. The molecule has 0 aliphatic rings. The van der Waals surface area contributed by atoms with Crippen LogP contribution in [-0.4, -0.2) is 9.79 Å². The molecule has 2 N–H and O–H groups in total. The first-order valence-electron chi connectivity index (χ1n) is 3.58. The van der Waals surface area contributed by atoms with Crippen molar-refractivity contribution in [2.24, 2.45) is 0 Å². The van der Waals surface area contributed by atoms with E-state index in [-0.39, 0.29) is 6.16 Å². The molecule has 12 heavy (non-hydrogen) atoms. The first kappa shape index (κ1) is 9.46. The van der Waals surface area contributed by atoms with E-state index < -0.39 is 7.60 Å². The van der Waals surface area contributed by atoms with Crippen LogP contribution in [0, 0.1) is 6.92 Å². The second-order valence-electron chi connectivity index (χ2n) is 2.75. The number of hydrogen-bond acceptors (Lipinski definition) is 1. The average Bonchev–Trinajstić information content (AvgIpc) is 1.91. The second kappa shape index (κ2) is 3.40. The summed E-state index contributed by atoms with van der Waals surface area (Å²) in [6.45, 7) is 1.84. The van der Waals surface area contributed by atoms with E-state index in [1.54, 1.807) is 12.1 Å². The lowest BCUT2D eigenvalue weighted by Gasteiger charge is -2.06. The van der Waals surface area contributed by atoms with Crippen LogP contribution in [0.4, 0.5) is 0 Å². The maximum atomic E-state index is 10.6. The zero-order valence-electron chi connectivity index (χ0n) is 6.77. The minimum atomic E-state index is -3.91. The zero-order chi connectivity index (χ0) is 9.19. The molecular weight excluding hydrogens is 175 g/mol. The van der Waals surface area contributed by atoms with Gasteiger partial charge >= 0.3 is 7.60 Å².